The Kier molecular flexibility index (Phi) is 1.27. The van der Waals surface area contributed by atoms with E-state index in [0.29, 0.717) is 5.92 Å². The zero-order valence-electron chi connectivity index (χ0n) is 5.09. The molecular weight excluding hydrogens is 98.1 g/mol. The van der Waals surface area contributed by atoms with Crippen molar-refractivity contribution < 1.29 is 0 Å². The molecule has 1 nitrogen and oxygen atoms in total. The van der Waals surface area contributed by atoms with E-state index in [9.17, 15) is 0 Å². The first-order chi connectivity index (χ1) is 3.75. The molecule has 1 aliphatic rings. The van der Waals surface area contributed by atoms with Crippen molar-refractivity contribution in [2.45, 2.75) is 19.4 Å². The molecule has 1 saturated carbocycles. The molecule has 3 unspecified atom stereocenters. The summed E-state index contributed by atoms with van der Waals surface area (Å²) in [5, 5.41) is 0. The summed E-state index contributed by atoms with van der Waals surface area (Å²) in [5.41, 5.74) is 5.53. The summed E-state index contributed by atoms with van der Waals surface area (Å²) >= 11 is 0. The van der Waals surface area contributed by atoms with Crippen molar-refractivity contribution in [3.8, 4) is 12.3 Å². The lowest BCUT2D eigenvalue weighted by Crippen LogP contribution is -2.20. The monoisotopic (exact) mass is 109 g/mol. The van der Waals surface area contributed by atoms with Crippen molar-refractivity contribution in [2.24, 2.45) is 17.6 Å². The molecule has 3 atom stereocenters. The normalized spacial score (nSPS) is 38.1. The molecule has 0 aliphatic heterocycles. The van der Waals surface area contributed by atoms with Crippen LogP contribution in [0.2, 0.25) is 0 Å². The van der Waals surface area contributed by atoms with Crippen molar-refractivity contribution >= 4 is 0 Å². The third-order valence-electron chi connectivity index (χ3n) is 1.83. The maximum absolute atomic E-state index is 5.53. The molecule has 1 rings (SSSR count). The second kappa shape index (κ2) is 1.80. The van der Waals surface area contributed by atoms with E-state index in [1.807, 2.05) is 0 Å². The summed E-state index contributed by atoms with van der Waals surface area (Å²) < 4.78 is 0. The first-order valence-corrected chi connectivity index (χ1v) is 2.97. The number of nitrogens with two attached hydrogens (primary N) is 1. The van der Waals surface area contributed by atoms with Gasteiger partial charge >= 0.3 is 0 Å². The average molecular weight is 109 g/mol. The van der Waals surface area contributed by atoms with Gasteiger partial charge in [0.2, 0.25) is 0 Å². The molecule has 0 aromatic heterocycles. The third-order valence-corrected chi connectivity index (χ3v) is 1.83. The Morgan fingerprint density at radius 2 is 2.38 bits per heavy atom. The second-order valence-electron chi connectivity index (χ2n) is 2.57. The molecular formula is C7H11N. The SMILES string of the molecule is C#CC(N)C1CC1C. The first kappa shape index (κ1) is 5.65. The molecule has 0 aromatic carbocycles. The number of rotatable bonds is 1. The summed E-state index contributed by atoms with van der Waals surface area (Å²) in [6.07, 6.45) is 6.33. The Labute approximate surface area is 50.3 Å². The lowest BCUT2D eigenvalue weighted by Gasteiger charge is -1.97. The highest BCUT2D eigenvalue weighted by atomic mass is 14.7. The smallest absolute Gasteiger partial charge is 0.0693 e. The fourth-order valence-electron chi connectivity index (χ4n) is 0.975. The van der Waals surface area contributed by atoms with Gasteiger partial charge in [0.1, 0.15) is 0 Å². The zero-order chi connectivity index (χ0) is 6.15. The molecule has 1 aliphatic carbocycles. The molecule has 0 aromatic rings. The molecule has 0 bridgehead atoms. The van der Waals surface area contributed by atoms with Gasteiger partial charge in [0, 0.05) is 0 Å². The van der Waals surface area contributed by atoms with Crippen LogP contribution in [0.25, 0.3) is 0 Å². The highest BCUT2D eigenvalue weighted by molar-refractivity contribution is 5.06. The molecule has 44 valence electrons. The fraction of sp³-hybridized carbons (Fsp3) is 0.714. The molecule has 2 N–H and O–H groups in total. The van der Waals surface area contributed by atoms with E-state index < -0.39 is 0 Å². The van der Waals surface area contributed by atoms with E-state index in [1.54, 1.807) is 0 Å². The van der Waals surface area contributed by atoms with Gasteiger partial charge in [0.25, 0.3) is 0 Å². The Morgan fingerprint density at radius 1 is 1.88 bits per heavy atom. The van der Waals surface area contributed by atoms with Gasteiger partial charge in [-0.25, -0.2) is 0 Å². The van der Waals surface area contributed by atoms with E-state index in [2.05, 4.69) is 12.8 Å². The summed E-state index contributed by atoms with van der Waals surface area (Å²) in [5.74, 6) is 3.94. The van der Waals surface area contributed by atoms with Gasteiger partial charge in [-0.05, 0) is 18.3 Å². The molecule has 0 amide bonds. The van der Waals surface area contributed by atoms with E-state index in [0.717, 1.165) is 5.92 Å². The fourth-order valence-corrected chi connectivity index (χ4v) is 0.975. The molecule has 1 fully saturated rings. The van der Waals surface area contributed by atoms with Gasteiger partial charge in [-0.1, -0.05) is 12.8 Å². The van der Waals surface area contributed by atoms with Crippen molar-refractivity contribution in [3.63, 3.8) is 0 Å². The van der Waals surface area contributed by atoms with Crippen molar-refractivity contribution in [1.29, 1.82) is 0 Å². The predicted octanol–water partition coefficient (Wildman–Crippen LogP) is 0.603. The van der Waals surface area contributed by atoms with Crippen LogP contribution in [-0.4, -0.2) is 6.04 Å². The second-order valence-corrected chi connectivity index (χ2v) is 2.57. The van der Waals surface area contributed by atoms with E-state index in [1.165, 1.54) is 6.42 Å². The molecule has 0 heterocycles. The summed E-state index contributed by atoms with van der Waals surface area (Å²) in [7, 11) is 0. The van der Waals surface area contributed by atoms with Crippen molar-refractivity contribution in [2.75, 3.05) is 0 Å². The standard InChI is InChI=1S/C7H11N/c1-3-7(8)6-4-5(6)2/h1,5-7H,4,8H2,2H3. The number of terminal acetylenes is 1. The highest BCUT2D eigenvalue weighted by Crippen LogP contribution is 2.39. The van der Waals surface area contributed by atoms with Gasteiger partial charge in [-0.2, -0.15) is 0 Å². The number of hydrogen-bond donors (Lipinski definition) is 1. The van der Waals surface area contributed by atoms with Crippen LogP contribution in [0.15, 0.2) is 0 Å². The summed E-state index contributed by atoms with van der Waals surface area (Å²) in [6.45, 7) is 2.18. The van der Waals surface area contributed by atoms with Gasteiger partial charge in [0.15, 0.2) is 0 Å². The lowest BCUT2D eigenvalue weighted by atomic mass is 10.2. The Hall–Kier alpha value is -0.480. The molecule has 1 heteroatoms. The highest BCUT2D eigenvalue weighted by Gasteiger charge is 2.36. The van der Waals surface area contributed by atoms with Crippen LogP contribution < -0.4 is 5.73 Å². The van der Waals surface area contributed by atoms with Crippen LogP contribution in [0.1, 0.15) is 13.3 Å². The molecule has 0 radical (unpaired) electrons. The topological polar surface area (TPSA) is 26.0 Å². The van der Waals surface area contributed by atoms with Gasteiger partial charge in [-0.3, -0.25) is 0 Å². The average Bonchev–Trinajstić information content (AvgIpc) is 2.45. The largest absolute Gasteiger partial charge is 0.317 e. The molecule has 0 spiro atoms. The third kappa shape index (κ3) is 0.850. The van der Waals surface area contributed by atoms with Crippen molar-refractivity contribution in [1.82, 2.24) is 0 Å². The molecule has 8 heavy (non-hydrogen) atoms. The molecule has 0 saturated heterocycles. The zero-order valence-corrected chi connectivity index (χ0v) is 5.09. The minimum absolute atomic E-state index is 0.0185. The van der Waals surface area contributed by atoms with E-state index in [-0.39, 0.29) is 6.04 Å². The van der Waals surface area contributed by atoms with Gasteiger partial charge in [0.05, 0.1) is 6.04 Å². The minimum atomic E-state index is 0.0185. The summed E-state index contributed by atoms with van der Waals surface area (Å²) in [6, 6.07) is 0.0185. The van der Waals surface area contributed by atoms with Crippen LogP contribution in [0.5, 0.6) is 0 Å². The maximum atomic E-state index is 5.53. The lowest BCUT2D eigenvalue weighted by molar-refractivity contribution is 0.675. The van der Waals surface area contributed by atoms with E-state index >= 15 is 0 Å². The maximum Gasteiger partial charge on any atom is 0.0693 e. The van der Waals surface area contributed by atoms with Crippen LogP contribution in [0, 0.1) is 24.2 Å². The van der Waals surface area contributed by atoms with Crippen LogP contribution in [0.3, 0.4) is 0 Å². The Morgan fingerprint density at radius 3 is 2.50 bits per heavy atom. The first-order valence-electron chi connectivity index (χ1n) is 2.97. The Balaban J connectivity index is 2.31. The van der Waals surface area contributed by atoms with E-state index in [4.69, 9.17) is 12.2 Å². The Bertz CT molecular complexity index is 123. The quantitative estimate of drug-likeness (QED) is 0.490. The predicted molar refractivity (Wildman–Crippen MR) is 34.1 cm³/mol. The summed E-state index contributed by atoms with van der Waals surface area (Å²) in [4.78, 5) is 0. The van der Waals surface area contributed by atoms with Crippen LogP contribution in [-0.2, 0) is 0 Å². The number of hydrogen-bond acceptors (Lipinski definition) is 1. The minimum Gasteiger partial charge on any atom is -0.317 e. The van der Waals surface area contributed by atoms with Crippen molar-refractivity contribution in [3.05, 3.63) is 0 Å². The van der Waals surface area contributed by atoms with Crippen LogP contribution in [0.4, 0.5) is 0 Å². The van der Waals surface area contributed by atoms with Crippen LogP contribution >= 0.6 is 0 Å². The van der Waals surface area contributed by atoms with Gasteiger partial charge in [-0.15, -0.1) is 6.42 Å². The van der Waals surface area contributed by atoms with Gasteiger partial charge < -0.3 is 5.73 Å².